The van der Waals surface area contributed by atoms with Gasteiger partial charge in [-0.1, -0.05) is 48.0 Å². The lowest BCUT2D eigenvalue weighted by Gasteiger charge is -2.37. The number of ether oxygens (including phenoxy) is 1. The SMILES string of the molecule is CC[C@H](C)[C@@H](CO)NC(=O)C[C@H](O)[C@H](CC(C)C)N(C(=O)OC(C)(C)C)C(=O)[C@@H](N)C(C)C. The highest BCUT2D eigenvalue weighted by atomic mass is 16.6. The molecule has 0 fully saturated rings. The second-order valence-corrected chi connectivity index (χ2v) is 10.7. The first-order chi connectivity index (χ1) is 15.0. The Balaban J connectivity index is 5.97. The number of aliphatic hydroxyl groups excluding tert-OH is 2. The van der Waals surface area contributed by atoms with Crippen molar-refractivity contribution in [2.75, 3.05) is 6.61 Å². The number of hydrogen-bond donors (Lipinski definition) is 4. The highest BCUT2D eigenvalue weighted by molar-refractivity contribution is 5.95. The zero-order valence-corrected chi connectivity index (χ0v) is 21.9. The molecule has 0 bridgehead atoms. The molecule has 3 amide bonds. The van der Waals surface area contributed by atoms with Crippen molar-refractivity contribution in [1.29, 1.82) is 0 Å². The first-order valence-electron chi connectivity index (χ1n) is 11.9. The number of aliphatic hydroxyl groups is 2. The molecule has 5 atom stereocenters. The van der Waals surface area contributed by atoms with Gasteiger partial charge in [-0.25, -0.2) is 9.69 Å². The molecule has 0 radical (unpaired) electrons. The molecule has 0 heterocycles. The van der Waals surface area contributed by atoms with E-state index >= 15 is 0 Å². The average molecular weight is 474 g/mol. The molecule has 0 aromatic heterocycles. The first-order valence-corrected chi connectivity index (χ1v) is 11.9. The fraction of sp³-hybridized carbons (Fsp3) is 0.875. The van der Waals surface area contributed by atoms with Crippen LogP contribution >= 0.6 is 0 Å². The number of nitrogens with two attached hydrogens (primary N) is 1. The number of rotatable bonds is 12. The van der Waals surface area contributed by atoms with Crippen molar-refractivity contribution in [3.8, 4) is 0 Å². The number of carbonyl (C=O) groups excluding carboxylic acids is 3. The third-order valence-electron chi connectivity index (χ3n) is 5.59. The lowest BCUT2D eigenvalue weighted by Crippen LogP contribution is -2.58. The average Bonchev–Trinajstić information content (AvgIpc) is 2.68. The summed E-state index contributed by atoms with van der Waals surface area (Å²) in [5, 5.41) is 23.4. The zero-order valence-electron chi connectivity index (χ0n) is 21.9. The van der Waals surface area contributed by atoms with Gasteiger partial charge in [-0.15, -0.1) is 0 Å². The normalized spacial score (nSPS) is 16.7. The minimum Gasteiger partial charge on any atom is -0.443 e. The van der Waals surface area contributed by atoms with E-state index in [1.165, 1.54) is 0 Å². The molecule has 33 heavy (non-hydrogen) atoms. The molecule has 0 spiro atoms. The largest absolute Gasteiger partial charge is 0.443 e. The van der Waals surface area contributed by atoms with Gasteiger partial charge in [0.05, 0.1) is 37.3 Å². The van der Waals surface area contributed by atoms with E-state index in [2.05, 4.69) is 5.32 Å². The van der Waals surface area contributed by atoms with Crippen molar-refractivity contribution in [3.05, 3.63) is 0 Å². The Kier molecular flexibility index (Phi) is 13.1. The maximum Gasteiger partial charge on any atom is 0.417 e. The summed E-state index contributed by atoms with van der Waals surface area (Å²) in [6.07, 6.45) is -1.55. The van der Waals surface area contributed by atoms with Gasteiger partial charge in [0.15, 0.2) is 0 Å². The molecule has 5 N–H and O–H groups in total. The Morgan fingerprint density at radius 2 is 1.64 bits per heavy atom. The third kappa shape index (κ3) is 10.8. The molecule has 0 aromatic carbocycles. The highest BCUT2D eigenvalue weighted by Gasteiger charge is 2.41. The Bertz CT molecular complexity index is 632. The summed E-state index contributed by atoms with van der Waals surface area (Å²) < 4.78 is 5.46. The van der Waals surface area contributed by atoms with Gasteiger partial charge in [0.1, 0.15) is 5.60 Å². The van der Waals surface area contributed by atoms with Gasteiger partial charge in [0, 0.05) is 0 Å². The quantitative estimate of drug-likeness (QED) is 0.341. The van der Waals surface area contributed by atoms with Crippen molar-refractivity contribution in [3.63, 3.8) is 0 Å². The molecule has 9 nitrogen and oxygen atoms in total. The van der Waals surface area contributed by atoms with Crippen molar-refractivity contribution >= 4 is 17.9 Å². The Hall–Kier alpha value is -1.71. The lowest BCUT2D eigenvalue weighted by atomic mass is 9.93. The van der Waals surface area contributed by atoms with Crippen LogP contribution in [-0.2, 0) is 14.3 Å². The van der Waals surface area contributed by atoms with Crippen LogP contribution in [0.25, 0.3) is 0 Å². The maximum atomic E-state index is 13.2. The highest BCUT2D eigenvalue weighted by Crippen LogP contribution is 2.23. The maximum absolute atomic E-state index is 13.2. The van der Waals surface area contributed by atoms with E-state index < -0.39 is 47.7 Å². The number of hydrogen-bond acceptors (Lipinski definition) is 7. The molecule has 0 saturated carbocycles. The van der Waals surface area contributed by atoms with Crippen LogP contribution in [0.4, 0.5) is 4.79 Å². The number of carbonyl (C=O) groups is 3. The standard InChI is InChI=1S/C24H47N3O6/c1-10-16(6)17(13-28)26-20(30)12-19(29)18(11-14(2)3)27(22(31)21(25)15(4)5)23(32)33-24(7,8)9/h14-19,21,28-29H,10-13,25H2,1-9H3,(H,26,30)/t16-,17+,18-,19-,21-/m0/s1. The summed E-state index contributed by atoms with van der Waals surface area (Å²) in [6.45, 7) is 16.0. The van der Waals surface area contributed by atoms with E-state index in [9.17, 15) is 24.6 Å². The van der Waals surface area contributed by atoms with Crippen LogP contribution in [0.1, 0.15) is 81.6 Å². The van der Waals surface area contributed by atoms with Gasteiger partial charge in [-0.2, -0.15) is 0 Å². The van der Waals surface area contributed by atoms with E-state index in [-0.39, 0.29) is 37.2 Å². The van der Waals surface area contributed by atoms with Crippen LogP contribution in [0.15, 0.2) is 0 Å². The number of imide groups is 1. The number of nitrogens with zero attached hydrogens (tertiary/aromatic N) is 1. The van der Waals surface area contributed by atoms with Crippen molar-refractivity contribution in [1.82, 2.24) is 10.2 Å². The third-order valence-corrected chi connectivity index (χ3v) is 5.59. The van der Waals surface area contributed by atoms with Gasteiger partial charge < -0.3 is 26.0 Å². The lowest BCUT2D eigenvalue weighted by molar-refractivity contribution is -0.139. The molecule has 0 saturated heterocycles. The van der Waals surface area contributed by atoms with E-state index in [1.54, 1.807) is 34.6 Å². The molecular weight excluding hydrogens is 426 g/mol. The summed E-state index contributed by atoms with van der Waals surface area (Å²) in [5.74, 6) is -1.32. The predicted molar refractivity (Wildman–Crippen MR) is 128 cm³/mol. The van der Waals surface area contributed by atoms with Crippen LogP contribution < -0.4 is 11.1 Å². The van der Waals surface area contributed by atoms with Crippen LogP contribution in [0.3, 0.4) is 0 Å². The summed E-state index contributed by atoms with van der Waals surface area (Å²) >= 11 is 0. The summed E-state index contributed by atoms with van der Waals surface area (Å²) in [4.78, 5) is 39.8. The monoisotopic (exact) mass is 473 g/mol. The van der Waals surface area contributed by atoms with Crippen molar-refractivity contribution in [2.45, 2.75) is 111 Å². The van der Waals surface area contributed by atoms with Gasteiger partial charge in [0.25, 0.3) is 0 Å². The van der Waals surface area contributed by atoms with E-state index in [0.717, 1.165) is 11.3 Å². The molecule has 194 valence electrons. The zero-order chi connectivity index (χ0) is 26.1. The fourth-order valence-electron chi connectivity index (χ4n) is 3.31. The Morgan fingerprint density at radius 3 is 2.03 bits per heavy atom. The number of nitrogens with one attached hydrogen (secondary N) is 1. The molecule has 0 aromatic rings. The smallest absolute Gasteiger partial charge is 0.417 e. The van der Waals surface area contributed by atoms with E-state index in [0.29, 0.717) is 0 Å². The van der Waals surface area contributed by atoms with E-state index in [4.69, 9.17) is 10.5 Å². The molecule has 0 unspecified atom stereocenters. The van der Waals surface area contributed by atoms with Crippen molar-refractivity contribution < 1.29 is 29.3 Å². The molecule has 0 aliphatic carbocycles. The molecule has 0 aliphatic heterocycles. The van der Waals surface area contributed by atoms with Crippen LogP contribution in [0.2, 0.25) is 0 Å². The summed E-state index contributed by atoms with van der Waals surface area (Å²) in [5.41, 5.74) is 5.21. The van der Waals surface area contributed by atoms with Gasteiger partial charge in [0.2, 0.25) is 11.8 Å². The first kappa shape index (κ1) is 31.3. The molecule has 0 rings (SSSR count). The minimum absolute atomic E-state index is 0.00558. The Morgan fingerprint density at radius 1 is 1.09 bits per heavy atom. The molecule has 0 aliphatic rings. The predicted octanol–water partition coefficient (Wildman–Crippen LogP) is 2.42. The van der Waals surface area contributed by atoms with Gasteiger partial charge in [-0.05, 0) is 44.9 Å². The number of amides is 3. The van der Waals surface area contributed by atoms with Crippen LogP contribution in [-0.4, -0.2) is 69.5 Å². The summed E-state index contributed by atoms with van der Waals surface area (Å²) in [7, 11) is 0. The topological polar surface area (TPSA) is 142 Å². The minimum atomic E-state index is -1.33. The summed E-state index contributed by atoms with van der Waals surface area (Å²) in [6, 6.07) is -2.42. The fourth-order valence-corrected chi connectivity index (χ4v) is 3.31. The van der Waals surface area contributed by atoms with Crippen LogP contribution in [0.5, 0.6) is 0 Å². The second-order valence-electron chi connectivity index (χ2n) is 10.7. The van der Waals surface area contributed by atoms with Crippen molar-refractivity contribution in [2.24, 2.45) is 23.5 Å². The molecule has 9 heteroatoms. The Labute approximate surface area is 199 Å². The molecular formula is C24H47N3O6. The van der Waals surface area contributed by atoms with Gasteiger partial charge >= 0.3 is 6.09 Å². The van der Waals surface area contributed by atoms with Crippen LogP contribution in [0, 0.1) is 17.8 Å². The second kappa shape index (κ2) is 13.9. The van der Waals surface area contributed by atoms with E-state index in [1.807, 2.05) is 27.7 Å². The van der Waals surface area contributed by atoms with Gasteiger partial charge in [-0.3, -0.25) is 9.59 Å².